The molecular formula is C15H14BrN5OS. The molecule has 118 valence electrons. The third kappa shape index (κ3) is 3.83. The van der Waals surface area contributed by atoms with Crippen LogP contribution in [0.5, 0.6) is 0 Å². The van der Waals surface area contributed by atoms with Crippen LogP contribution in [-0.4, -0.2) is 26.1 Å². The zero-order valence-electron chi connectivity index (χ0n) is 12.3. The first kappa shape index (κ1) is 15.8. The number of hydrogen-bond donors (Lipinski definition) is 1. The predicted molar refractivity (Wildman–Crippen MR) is 91.4 cm³/mol. The fraction of sp³-hybridized carbons (Fsp3) is 0.200. The molecule has 1 N–H and O–H groups in total. The van der Waals surface area contributed by atoms with Crippen molar-refractivity contribution in [2.75, 3.05) is 0 Å². The van der Waals surface area contributed by atoms with Gasteiger partial charge in [-0.2, -0.15) is 4.68 Å². The zero-order valence-corrected chi connectivity index (χ0v) is 14.7. The molecule has 23 heavy (non-hydrogen) atoms. The van der Waals surface area contributed by atoms with E-state index in [4.69, 9.17) is 0 Å². The molecule has 1 amide bonds. The van der Waals surface area contributed by atoms with Gasteiger partial charge in [0.2, 0.25) is 5.91 Å². The van der Waals surface area contributed by atoms with Crippen LogP contribution in [0.2, 0.25) is 0 Å². The van der Waals surface area contributed by atoms with Gasteiger partial charge in [-0.15, -0.1) is 16.4 Å². The van der Waals surface area contributed by atoms with Crippen molar-refractivity contribution in [3.63, 3.8) is 0 Å². The Labute approximate surface area is 145 Å². The minimum atomic E-state index is -0.295. The van der Waals surface area contributed by atoms with E-state index in [0.717, 1.165) is 15.0 Å². The number of aromatic nitrogens is 4. The number of tetrazole rings is 1. The minimum absolute atomic E-state index is 0.0521. The summed E-state index contributed by atoms with van der Waals surface area (Å²) in [7, 11) is 0. The van der Waals surface area contributed by atoms with E-state index in [2.05, 4.69) is 36.8 Å². The predicted octanol–water partition coefficient (Wildman–Crippen LogP) is 2.91. The van der Waals surface area contributed by atoms with Crippen LogP contribution < -0.4 is 5.32 Å². The van der Waals surface area contributed by atoms with Crippen molar-refractivity contribution in [2.24, 2.45) is 0 Å². The molecule has 3 rings (SSSR count). The summed E-state index contributed by atoms with van der Waals surface area (Å²) >= 11 is 5.00. The number of amides is 1. The first-order chi connectivity index (χ1) is 11.1. The lowest BCUT2D eigenvalue weighted by Gasteiger charge is -2.13. The third-order valence-corrected chi connectivity index (χ3v) is 4.60. The summed E-state index contributed by atoms with van der Waals surface area (Å²) in [6, 6.07) is 11.2. The molecule has 0 fully saturated rings. The van der Waals surface area contributed by atoms with Gasteiger partial charge < -0.3 is 5.32 Å². The van der Waals surface area contributed by atoms with Crippen molar-refractivity contribution in [1.82, 2.24) is 25.5 Å². The highest BCUT2D eigenvalue weighted by atomic mass is 79.9. The number of halogens is 1. The normalized spacial score (nSPS) is 12.1. The lowest BCUT2D eigenvalue weighted by Crippen LogP contribution is -2.29. The van der Waals surface area contributed by atoms with Crippen molar-refractivity contribution in [2.45, 2.75) is 19.4 Å². The Morgan fingerprint density at radius 1 is 1.39 bits per heavy atom. The second-order valence-corrected chi connectivity index (χ2v) is 6.92. The van der Waals surface area contributed by atoms with Crippen molar-refractivity contribution in [3.8, 4) is 5.69 Å². The highest BCUT2D eigenvalue weighted by Crippen LogP contribution is 2.18. The Hall–Kier alpha value is -2.06. The summed E-state index contributed by atoms with van der Waals surface area (Å²) in [4.78, 5) is 13.2. The van der Waals surface area contributed by atoms with E-state index >= 15 is 0 Å². The van der Waals surface area contributed by atoms with Crippen LogP contribution in [0.1, 0.15) is 23.7 Å². The van der Waals surface area contributed by atoms with Gasteiger partial charge in [0.05, 0.1) is 18.2 Å². The highest BCUT2D eigenvalue weighted by Gasteiger charge is 2.18. The molecule has 1 unspecified atom stereocenters. The van der Waals surface area contributed by atoms with E-state index in [1.165, 1.54) is 0 Å². The Kier molecular flexibility index (Phi) is 4.82. The van der Waals surface area contributed by atoms with Gasteiger partial charge in [0.1, 0.15) is 0 Å². The van der Waals surface area contributed by atoms with E-state index in [0.29, 0.717) is 12.2 Å². The van der Waals surface area contributed by atoms with Crippen LogP contribution in [-0.2, 0) is 11.2 Å². The summed E-state index contributed by atoms with van der Waals surface area (Å²) in [6.07, 6.45) is 0.362. The van der Waals surface area contributed by atoms with Gasteiger partial charge in [-0.25, -0.2) is 0 Å². The number of thiophene rings is 1. The van der Waals surface area contributed by atoms with Crippen LogP contribution in [0.3, 0.4) is 0 Å². The number of rotatable bonds is 5. The Morgan fingerprint density at radius 2 is 2.26 bits per heavy atom. The molecule has 0 radical (unpaired) electrons. The quantitative estimate of drug-likeness (QED) is 0.725. The lowest BCUT2D eigenvalue weighted by molar-refractivity contribution is -0.121. The van der Waals surface area contributed by atoms with E-state index in [1.54, 1.807) is 16.0 Å². The summed E-state index contributed by atoms with van der Waals surface area (Å²) in [5.74, 6) is 0.534. The Balaban J connectivity index is 1.74. The molecule has 8 heteroatoms. The van der Waals surface area contributed by atoms with Crippen molar-refractivity contribution < 1.29 is 4.79 Å². The van der Waals surface area contributed by atoms with Gasteiger partial charge in [0.25, 0.3) is 0 Å². The number of nitrogens with zero attached hydrogens (tertiary/aromatic N) is 4. The smallest absolute Gasteiger partial charge is 0.225 e. The molecule has 3 aromatic rings. The number of nitrogens with one attached hydrogen (secondary N) is 1. The van der Waals surface area contributed by atoms with Crippen molar-refractivity contribution >= 4 is 33.2 Å². The van der Waals surface area contributed by atoms with Crippen molar-refractivity contribution in [1.29, 1.82) is 0 Å². The highest BCUT2D eigenvalue weighted by molar-refractivity contribution is 9.10. The molecule has 0 aliphatic carbocycles. The van der Waals surface area contributed by atoms with Gasteiger partial charge in [-0.3, -0.25) is 4.79 Å². The fourth-order valence-electron chi connectivity index (χ4n) is 2.18. The maximum Gasteiger partial charge on any atom is 0.225 e. The lowest BCUT2D eigenvalue weighted by atomic mass is 10.2. The summed E-state index contributed by atoms with van der Waals surface area (Å²) in [6.45, 7) is 1.87. The Bertz CT molecular complexity index is 802. The molecule has 0 spiro atoms. The van der Waals surface area contributed by atoms with E-state index in [9.17, 15) is 4.79 Å². The van der Waals surface area contributed by atoms with Crippen LogP contribution >= 0.6 is 27.3 Å². The molecule has 1 aromatic carbocycles. The molecule has 0 saturated heterocycles. The van der Waals surface area contributed by atoms with E-state index < -0.39 is 0 Å². The maximum atomic E-state index is 12.1. The number of carbonyl (C=O) groups is 1. The largest absolute Gasteiger partial charge is 0.346 e. The fourth-order valence-corrected chi connectivity index (χ4v) is 3.27. The molecule has 0 aliphatic heterocycles. The summed E-state index contributed by atoms with van der Waals surface area (Å²) in [5, 5.41) is 16.7. The number of hydrogen-bond acceptors (Lipinski definition) is 5. The summed E-state index contributed by atoms with van der Waals surface area (Å²) < 4.78 is 2.56. The molecular weight excluding hydrogens is 378 g/mol. The molecule has 0 aliphatic rings. The third-order valence-electron chi connectivity index (χ3n) is 3.23. The molecule has 0 saturated carbocycles. The van der Waals surface area contributed by atoms with E-state index in [1.807, 2.05) is 48.7 Å². The average molecular weight is 392 g/mol. The first-order valence-electron chi connectivity index (χ1n) is 6.99. The number of carbonyl (C=O) groups excluding carboxylic acids is 1. The SMILES string of the molecule is CC(NC(=O)Cc1cccs1)c1nnnn1-c1cccc(Br)c1. The topological polar surface area (TPSA) is 72.7 Å². The monoisotopic (exact) mass is 391 g/mol. The molecule has 0 bridgehead atoms. The van der Waals surface area contributed by atoms with Crippen LogP contribution in [0, 0.1) is 0 Å². The second-order valence-electron chi connectivity index (χ2n) is 4.97. The van der Waals surface area contributed by atoms with Gasteiger partial charge in [-0.05, 0) is 47.0 Å². The maximum absolute atomic E-state index is 12.1. The number of benzene rings is 1. The standard InChI is InChI=1S/C15H14BrN5OS/c1-10(17-14(22)9-13-6-3-7-23-13)15-18-19-20-21(15)12-5-2-4-11(16)8-12/h2-8,10H,9H2,1H3,(H,17,22). The Morgan fingerprint density at radius 3 is 3.00 bits per heavy atom. The van der Waals surface area contributed by atoms with Gasteiger partial charge >= 0.3 is 0 Å². The zero-order chi connectivity index (χ0) is 16.2. The molecule has 1 atom stereocenters. The van der Waals surface area contributed by atoms with Crippen LogP contribution in [0.15, 0.2) is 46.3 Å². The van der Waals surface area contributed by atoms with Gasteiger partial charge in [0.15, 0.2) is 5.82 Å². The minimum Gasteiger partial charge on any atom is -0.346 e. The second kappa shape index (κ2) is 7.01. The summed E-state index contributed by atoms with van der Waals surface area (Å²) in [5.41, 5.74) is 0.832. The van der Waals surface area contributed by atoms with Gasteiger partial charge in [-0.1, -0.05) is 28.1 Å². The molecule has 6 nitrogen and oxygen atoms in total. The van der Waals surface area contributed by atoms with E-state index in [-0.39, 0.29) is 11.9 Å². The molecule has 2 heterocycles. The van der Waals surface area contributed by atoms with Crippen molar-refractivity contribution in [3.05, 3.63) is 57.0 Å². The molecule has 2 aromatic heterocycles. The average Bonchev–Trinajstić information content (AvgIpc) is 3.17. The van der Waals surface area contributed by atoms with Gasteiger partial charge in [0, 0.05) is 9.35 Å². The first-order valence-corrected chi connectivity index (χ1v) is 8.66. The van der Waals surface area contributed by atoms with Crippen LogP contribution in [0.4, 0.5) is 0 Å². The van der Waals surface area contributed by atoms with Crippen LogP contribution in [0.25, 0.3) is 5.69 Å².